The van der Waals surface area contributed by atoms with Gasteiger partial charge in [0.2, 0.25) is 0 Å². The van der Waals surface area contributed by atoms with Crippen molar-refractivity contribution in [2.45, 2.75) is 6.61 Å². The van der Waals surface area contributed by atoms with Crippen LogP contribution in [0.5, 0.6) is 11.5 Å². The van der Waals surface area contributed by atoms with Crippen molar-refractivity contribution in [2.75, 3.05) is 31.0 Å². The predicted octanol–water partition coefficient (Wildman–Crippen LogP) is 6.40. The van der Waals surface area contributed by atoms with Gasteiger partial charge in [0, 0.05) is 19.8 Å². The van der Waals surface area contributed by atoms with Crippen LogP contribution in [0, 0.1) is 0 Å². The van der Waals surface area contributed by atoms with Gasteiger partial charge in [-0.25, -0.2) is 0 Å². The Labute approximate surface area is 213 Å². The average molecular weight is 511 g/mol. The molecule has 34 heavy (non-hydrogen) atoms. The summed E-state index contributed by atoms with van der Waals surface area (Å²) in [5, 5.41) is 0.399. The molecule has 0 aromatic heterocycles. The molecule has 0 atom stereocenters. The van der Waals surface area contributed by atoms with Gasteiger partial charge in [-0.1, -0.05) is 65.9 Å². The zero-order chi connectivity index (χ0) is 24.2. The maximum absolute atomic E-state index is 13.2. The fourth-order valence-corrected chi connectivity index (χ4v) is 5.01. The van der Waals surface area contributed by atoms with E-state index in [1.807, 2.05) is 73.6 Å². The van der Waals surface area contributed by atoms with Crippen molar-refractivity contribution in [1.82, 2.24) is 0 Å². The Morgan fingerprint density at radius 1 is 1.09 bits per heavy atom. The van der Waals surface area contributed by atoms with Crippen LogP contribution in [0.4, 0.5) is 11.4 Å². The zero-order valence-electron chi connectivity index (χ0n) is 18.9. The van der Waals surface area contributed by atoms with Gasteiger partial charge in [0.15, 0.2) is 15.8 Å². The largest absolute Gasteiger partial charge is 0.493 e. The predicted molar refractivity (Wildman–Crippen MR) is 145 cm³/mol. The van der Waals surface area contributed by atoms with E-state index in [0.717, 1.165) is 22.5 Å². The number of hydrogen-bond donors (Lipinski definition) is 0. The molecule has 0 bridgehead atoms. The number of amides is 1. The SMILES string of the molecule is COc1cc(C=C2SC(=S)N(c3ccc(N(C)C)cc3)C2=O)cc(Cl)c1OCc1ccccc1. The average Bonchev–Trinajstić information content (AvgIpc) is 3.11. The van der Waals surface area contributed by atoms with Crippen molar-refractivity contribution in [3.05, 3.63) is 87.8 Å². The maximum atomic E-state index is 13.2. The summed E-state index contributed by atoms with van der Waals surface area (Å²) in [4.78, 5) is 17.2. The van der Waals surface area contributed by atoms with Gasteiger partial charge in [0.05, 0.1) is 22.7 Å². The quantitative estimate of drug-likeness (QED) is 0.270. The van der Waals surface area contributed by atoms with Crippen LogP contribution in [-0.2, 0) is 11.4 Å². The van der Waals surface area contributed by atoms with Gasteiger partial charge in [-0.3, -0.25) is 9.69 Å². The topological polar surface area (TPSA) is 42.0 Å². The first-order valence-corrected chi connectivity index (χ1v) is 12.1. The van der Waals surface area contributed by atoms with E-state index in [1.165, 1.54) is 11.8 Å². The van der Waals surface area contributed by atoms with Gasteiger partial charge >= 0.3 is 0 Å². The number of ether oxygens (including phenoxy) is 2. The highest BCUT2D eigenvalue weighted by Gasteiger charge is 2.33. The summed E-state index contributed by atoms with van der Waals surface area (Å²) in [6.07, 6.45) is 1.77. The van der Waals surface area contributed by atoms with Gasteiger partial charge in [0.1, 0.15) is 6.61 Å². The fourth-order valence-electron chi connectivity index (χ4n) is 3.43. The van der Waals surface area contributed by atoms with E-state index in [2.05, 4.69) is 0 Å². The molecule has 3 aromatic rings. The minimum atomic E-state index is -0.174. The molecule has 1 heterocycles. The van der Waals surface area contributed by atoms with Crippen molar-refractivity contribution in [3.8, 4) is 11.5 Å². The summed E-state index contributed by atoms with van der Waals surface area (Å²) >= 11 is 13.3. The lowest BCUT2D eigenvalue weighted by Crippen LogP contribution is -2.27. The number of thiocarbonyl (C=S) groups is 1. The number of halogens is 1. The van der Waals surface area contributed by atoms with Gasteiger partial charge in [-0.15, -0.1) is 0 Å². The molecule has 0 spiro atoms. The highest BCUT2D eigenvalue weighted by molar-refractivity contribution is 8.27. The Bertz CT molecular complexity index is 1240. The van der Waals surface area contributed by atoms with Crippen molar-refractivity contribution >= 4 is 63.3 Å². The van der Waals surface area contributed by atoms with E-state index in [1.54, 1.807) is 30.2 Å². The molecule has 0 aliphatic carbocycles. The minimum absolute atomic E-state index is 0.174. The molecular formula is C26H23ClN2O3S2. The summed E-state index contributed by atoms with van der Waals surface area (Å²) in [6.45, 7) is 0.363. The molecule has 0 unspecified atom stereocenters. The molecule has 1 amide bonds. The van der Waals surface area contributed by atoms with Gasteiger partial charge in [-0.2, -0.15) is 0 Å². The first-order valence-electron chi connectivity index (χ1n) is 10.5. The molecule has 1 aliphatic heterocycles. The van der Waals surface area contributed by atoms with Crippen molar-refractivity contribution in [1.29, 1.82) is 0 Å². The number of hydrogen-bond acceptors (Lipinski definition) is 6. The lowest BCUT2D eigenvalue weighted by Gasteiger charge is -2.17. The summed E-state index contributed by atoms with van der Waals surface area (Å²) in [5.74, 6) is 0.773. The van der Waals surface area contributed by atoms with Crippen LogP contribution < -0.4 is 19.3 Å². The molecule has 0 radical (unpaired) electrons. The third-order valence-corrected chi connectivity index (χ3v) is 6.78. The van der Waals surface area contributed by atoms with E-state index in [0.29, 0.717) is 32.4 Å². The van der Waals surface area contributed by atoms with Gasteiger partial charge < -0.3 is 14.4 Å². The molecule has 1 fully saturated rings. The van der Waals surface area contributed by atoms with Crippen LogP contribution in [0.25, 0.3) is 6.08 Å². The minimum Gasteiger partial charge on any atom is -0.493 e. The Kier molecular flexibility index (Phi) is 7.46. The number of methoxy groups -OCH3 is 1. The molecular weight excluding hydrogens is 488 g/mol. The second-order valence-electron chi connectivity index (χ2n) is 7.74. The Balaban J connectivity index is 1.56. The first kappa shape index (κ1) is 24.1. The molecule has 0 saturated carbocycles. The normalized spacial score (nSPS) is 14.6. The van der Waals surface area contributed by atoms with Gasteiger partial charge in [0.25, 0.3) is 5.91 Å². The highest BCUT2D eigenvalue weighted by Crippen LogP contribution is 2.40. The standard InChI is InChI=1S/C26H23ClN2O3S2/c1-28(2)19-9-11-20(12-10-19)29-25(30)23(34-26(29)33)15-18-13-21(27)24(22(14-18)31-3)32-16-17-7-5-4-6-8-17/h4-15H,16H2,1-3H3. The summed E-state index contributed by atoms with van der Waals surface area (Å²) < 4.78 is 11.9. The molecule has 174 valence electrons. The zero-order valence-corrected chi connectivity index (χ0v) is 21.3. The summed E-state index contributed by atoms with van der Waals surface area (Å²) in [5.41, 5.74) is 3.52. The lowest BCUT2D eigenvalue weighted by molar-refractivity contribution is -0.113. The van der Waals surface area contributed by atoms with Gasteiger partial charge in [-0.05, 0) is 53.6 Å². The molecule has 1 saturated heterocycles. The van der Waals surface area contributed by atoms with Crippen LogP contribution in [0.2, 0.25) is 5.02 Å². The second kappa shape index (κ2) is 10.5. The first-order chi connectivity index (χ1) is 16.4. The number of rotatable bonds is 7. The molecule has 3 aromatic carbocycles. The molecule has 1 aliphatic rings. The Morgan fingerprint density at radius 2 is 1.79 bits per heavy atom. The highest BCUT2D eigenvalue weighted by atomic mass is 35.5. The van der Waals surface area contributed by atoms with E-state index < -0.39 is 0 Å². The molecule has 5 nitrogen and oxygen atoms in total. The fraction of sp³-hybridized carbons (Fsp3) is 0.154. The number of benzene rings is 3. The number of carbonyl (C=O) groups excluding carboxylic acids is 1. The number of anilines is 2. The number of nitrogens with zero attached hydrogens (tertiary/aromatic N) is 2. The Morgan fingerprint density at radius 3 is 2.44 bits per heavy atom. The third-order valence-electron chi connectivity index (χ3n) is 5.19. The van der Waals surface area contributed by atoms with Crippen LogP contribution in [0.1, 0.15) is 11.1 Å². The lowest BCUT2D eigenvalue weighted by atomic mass is 10.1. The van der Waals surface area contributed by atoms with Crippen molar-refractivity contribution in [3.63, 3.8) is 0 Å². The third kappa shape index (κ3) is 5.22. The van der Waals surface area contributed by atoms with Crippen molar-refractivity contribution < 1.29 is 14.3 Å². The Hall–Kier alpha value is -3.00. The van der Waals surface area contributed by atoms with Crippen LogP contribution in [0.15, 0.2) is 71.6 Å². The van der Waals surface area contributed by atoms with Crippen LogP contribution >= 0.6 is 35.6 Å². The number of carbonyl (C=O) groups is 1. The second-order valence-corrected chi connectivity index (χ2v) is 9.82. The van der Waals surface area contributed by atoms with E-state index in [-0.39, 0.29) is 5.91 Å². The summed E-state index contributed by atoms with van der Waals surface area (Å²) in [7, 11) is 5.49. The van der Waals surface area contributed by atoms with Crippen LogP contribution in [-0.4, -0.2) is 31.4 Å². The monoisotopic (exact) mass is 510 g/mol. The maximum Gasteiger partial charge on any atom is 0.270 e. The smallest absolute Gasteiger partial charge is 0.270 e. The van der Waals surface area contributed by atoms with Crippen LogP contribution in [0.3, 0.4) is 0 Å². The molecule has 4 rings (SSSR count). The number of thioether (sulfide) groups is 1. The van der Waals surface area contributed by atoms with E-state index in [4.69, 9.17) is 33.3 Å². The van der Waals surface area contributed by atoms with E-state index in [9.17, 15) is 4.79 Å². The molecule has 0 N–H and O–H groups in total. The molecule has 8 heteroatoms. The van der Waals surface area contributed by atoms with E-state index >= 15 is 0 Å². The van der Waals surface area contributed by atoms with Crippen molar-refractivity contribution in [2.24, 2.45) is 0 Å². The summed E-state index contributed by atoms with van der Waals surface area (Å²) in [6, 6.07) is 21.0.